The van der Waals surface area contributed by atoms with E-state index in [-0.39, 0.29) is 30.5 Å². The third kappa shape index (κ3) is 2.08. The fourth-order valence-electron chi connectivity index (χ4n) is 2.17. The van der Waals surface area contributed by atoms with Gasteiger partial charge in [0.1, 0.15) is 6.61 Å². The van der Waals surface area contributed by atoms with E-state index < -0.39 is 0 Å². The Morgan fingerprint density at radius 2 is 2.14 bits per heavy atom. The summed E-state index contributed by atoms with van der Waals surface area (Å²) in [5.74, 6) is 0.423. The predicted molar refractivity (Wildman–Crippen MR) is 53.7 cm³/mol. The molecular weight excluding hydrogens is 180 g/mol. The van der Waals surface area contributed by atoms with Gasteiger partial charge < -0.3 is 9.84 Å². The lowest BCUT2D eigenvalue weighted by Crippen LogP contribution is -2.31. The van der Waals surface area contributed by atoms with E-state index in [1.165, 1.54) is 0 Å². The first-order valence-corrected chi connectivity index (χ1v) is 5.27. The number of rotatable bonds is 3. The van der Waals surface area contributed by atoms with Crippen LogP contribution in [-0.4, -0.2) is 24.3 Å². The normalized spacial score (nSPS) is 30.3. The molecule has 0 aromatic heterocycles. The average Bonchev–Trinajstić information content (AvgIpc) is 2.38. The molecule has 3 heteroatoms. The highest BCUT2D eigenvalue weighted by molar-refractivity contribution is 5.73. The van der Waals surface area contributed by atoms with Crippen molar-refractivity contribution >= 4 is 5.97 Å². The van der Waals surface area contributed by atoms with E-state index in [1.54, 1.807) is 0 Å². The Kier molecular flexibility index (Phi) is 3.53. The molecule has 1 fully saturated rings. The second kappa shape index (κ2) is 4.30. The Bertz CT molecular complexity index is 211. The molecule has 2 unspecified atom stereocenters. The fourth-order valence-corrected chi connectivity index (χ4v) is 2.17. The molecule has 3 nitrogen and oxygen atoms in total. The average molecular weight is 200 g/mol. The van der Waals surface area contributed by atoms with Gasteiger partial charge in [0.05, 0.1) is 12.5 Å². The van der Waals surface area contributed by atoms with Crippen molar-refractivity contribution in [1.29, 1.82) is 0 Å². The summed E-state index contributed by atoms with van der Waals surface area (Å²) in [7, 11) is 0. The maximum atomic E-state index is 11.6. The van der Waals surface area contributed by atoms with Gasteiger partial charge >= 0.3 is 5.97 Å². The Morgan fingerprint density at radius 1 is 1.50 bits per heavy atom. The SMILES string of the molecule is CC1CCC(C(=O)OCCO)C1(C)C. The van der Waals surface area contributed by atoms with E-state index in [0.717, 1.165) is 12.8 Å². The standard InChI is InChI=1S/C11H20O3/c1-8-4-5-9(11(8,2)3)10(13)14-7-6-12/h8-9,12H,4-7H2,1-3H3. The number of ether oxygens (including phenoxy) is 1. The number of aliphatic hydroxyl groups is 1. The van der Waals surface area contributed by atoms with Crippen molar-refractivity contribution in [2.75, 3.05) is 13.2 Å². The zero-order valence-corrected chi connectivity index (χ0v) is 9.25. The monoisotopic (exact) mass is 200 g/mol. The quantitative estimate of drug-likeness (QED) is 0.704. The van der Waals surface area contributed by atoms with Crippen molar-refractivity contribution in [3.05, 3.63) is 0 Å². The maximum Gasteiger partial charge on any atom is 0.309 e. The van der Waals surface area contributed by atoms with Crippen LogP contribution >= 0.6 is 0 Å². The molecule has 2 atom stereocenters. The van der Waals surface area contributed by atoms with Gasteiger partial charge in [0, 0.05) is 0 Å². The van der Waals surface area contributed by atoms with Gasteiger partial charge in [-0.15, -0.1) is 0 Å². The molecule has 0 radical (unpaired) electrons. The van der Waals surface area contributed by atoms with Gasteiger partial charge in [0.2, 0.25) is 0 Å². The molecule has 1 N–H and O–H groups in total. The van der Waals surface area contributed by atoms with Crippen molar-refractivity contribution < 1.29 is 14.6 Å². The van der Waals surface area contributed by atoms with Crippen LogP contribution in [0.3, 0.4) is 0 Å². The number of carbonyl (C=O) groups is 1. The Morgan fingerprint density at radius 3 is 2.57 bits per heavy atom. The summed E-state index contributed by atoms with van der Waals surface area (Å²) in [6.07, 6.45) is 2.00. The molecular formula is C11H20O3. The highest BCUT2D eigenvalue weighted by atomic mass is 16.5. The van der Waals surface area contributed by atoms with E-state index in [0.29, 0.717) is 5.92 Å². The third-order valence-electron chi connectivity index (χ3n) is 3.68. The Hall–Kier alpha value is -0.570. The van der Waals surface area contributed by atoms with Gasteiger partial charge in [-0.05, 0) is 24.2 Å². The Balaban J connectivity index is 2.56. The van der Waals surface area contributed by atoms with Gasteiger partial charge in [-0.1, -0.05) is 20.8 Å². The summed E-state index contributed by atoms with van der Waals surface area (Å²) in [4.78, 5) is 11.6. The van der Waals surface area contributed by atoms with Crippen LogP contribution in [0.1, 0.15) is 33.6 Å². The first-order chi connectivity index (χ1) is 6.50. The summed E-state index contributed by atoms with van der Waals surface area (Å²) >= 11 is 0. The van der Waals surface area contributed by atoms with Gasteiger partial charge in [0.25, 0.3) is 0 Å². The Labute approximate surface area is 85.5 Å². The molecule has 1 aliphatic rings. The fraction of sp³-hybridized carbons (Fsp3) is 0.909. The van der Waals surface area contributed by atoms with Crippen LogP contribution in [0.25, 0.3) is 0 Å². The highest BCUT2D eigenvalue weighted by Crippen LogP contribution is 2.47. The first-order valence-electron chi connectivity index (χ1n) is 5.27. The molecule has 0 amide bonds. The van der Waals surface area contributed by atoms with Gasteiger partial charge in [0.15, 0.2) is 0 Å². The molecule has 0 bridgehead atoms. The van der Waals surface area contributed by atoms with Crippen LogP contribution in [-0.2, 0) is 9.53 Å². The molecule has 1 rings (SSSR count). The molecule has 1 saturated carbocycles. The van der Waals surface area contributed by atoms with Gasteiger partial charge in [-0.2, -0.15) is 0 Å². The minimum absolute atomic E-state index is 0.00375. The third-order valence-corrected chi connectivity index (χ3v) is 3.68. The zero-order valence-electron chi connectivity index (χ0n) is 9.25. The van der Waals surface area contributed by atoms with E-state index in [9.17, 15) is 4.79 Å². The number of hydrogen-bond donors (Lipinski definition) is 1. The lowest BCUT2D eigenvalue weighted by molar-refractivity contribution is -0.153. The summed E-state index contributed by atoms with van der Waals surface area (Å²) < 4.78 is 4.97. The smallest absolute Gasteiger partial charge is 0.309 e. The summed E-state index contributed by atoms with van der Waals surface area (Å²) in [5.41, 5.74) is 0.0343. The molecule has 0 heterocycles. The topological polar surface area (TPSA) is 46.5 Å². The molecule has 0 aromatic carbocycles. The summed E-state index contributed by atoms with van der Waals surface area (Å²) in [6, 6.07) is 0. The maximum absolute atomic E-state index is 11.6. The predicted octanol–water partition coefficient (Wildman–Crippen LogP) is 1.59. The van der Waals surface area contributed by atoms with Crippen molar-refractivity contribution in [2.45, 2.75) is 33.6 Å². The molecule has 0 aromatic rings. The number of esters is 1. The van der Waals surface area contributed by atoms with Crippen molar-refractivity contribution in [1.82, 2.24) is 0 Å². The first kappa shape index (κ1) is 11.5. The molecule has 0 aliphatic heterocycles. The van der Waals surface area contributed by atoms with E-state index in [2.05, 4.69) is 20.8 Å². The van der Waals surface area contributed by atoms with Crippen molar-refractivity contribution in [3.63, 3.8) is 0 Å². The lowest BCUT2D eigenvalue weighted by Gasteiger charge is -2.29. The minimum Gasteiger partial charge on any atom is -0.463 e. The number of hydrogen-bond acceptors (Lipinski definition) is 3. The van der Waals surface area contributed by atoms with Gasteiger partial charge in [-0.3, -0.25) is 4.79 Å². The molecule has 1 aliphatic carbocycles. The van der Waals surface area contributed by atoms with Crippen LogP contribution in [0.2, 0.25) is 0 Å². The highest BCUT2D eigenvalue weighted by Gasteiger charge is 2.45. The van der Waals surface area contributed by atoms with E-state index >= 15 is 0 Å². The lowest BCUT2D eigenvalue weighted by atomic mass is 9.76. The molecule has 14 heavy (non-hydrogen) atoms. The second-order valence-corrected chi connectivity index (χ2v) is 4.74. The summed E-state index contributed by atoms with van der Waals surface area (Å²) in [5, 5.41) is 8.56. The van der Waals surface area contributed by atoms with Gasteiger partial charge in [-0.25, -0.2) is 0 Å². The second-order valence-electron chi connectivity index (χ2n) is 4.74. The largest absolute Gasteiger partial charge is 0.463 e. The van der Waals surface area contributed by atoms with Crippen molar-refractivity contribution in [3.8, 4) is 0 Å². The van der Waals surface area contributed by atoms with Crippen LogP contribution in [0.4, 0.5) is 0 Å². The van der Waals surface area contributed by atoms with E-state index in [4.69, 9.17) is 9.84 Å². The zero-order chi connectivity index (χ0) is 10.8. The van der Waals surface area contributed by atoms with E-state index in [1.807, 2.05) is 0 Å². The van der Waals surface area contributed by atoms with Crippen LogP contribution < -0.4 is 0 Å². The number of aliphatic hydroxyl groups excluding tert-OH is 1. The number of carbonyl (C=O) groups excluding carboxylic acids is 1. The van der Waals surface area contributed by atoms with Crippen LogP contribution in [0, 0.1) is 17.3 Å². The molecule has 0 saturated heterocycles. The van der Waals surface area contributed by atoms with Crippen LogP contribution in [0.15, 0.2) is 0 Å². The minimum atomic E-state index is -0.145. The summed E-state index contributed by atoms with van der Waals surface area (Å²) in [6.45, 7) is 6.46. The van der Waals surface area contributed by atoms with Crippen molar-refractivity contribution in [2.24, 2.45) is 17.3 Å². The molecule has 0 spiro atoms. The molecule has 82 valence electrons. The van der Waals surface area contributed by atoms with Crippen LogP contribution in [0.5, 0.6) is 0 Å².